The summed E-state index contributed by atoms with van der Waals surface area (Å²) in [7, 11) is 0. The third-order valence-corrected chi connectivity index (χ3v) is 7.87. The van der Waals surface area contributed by atoms with Crippen LogP contribution in [-0.4, -0.2) is 37.7 Å². The van der Waals surface area contributed by atoms with Gasteiger partial charge in [-0.2, -0.15) is 4.98 Å². The number of nitrogens with one attached hydrogen (secondary N) is 2. The summed E-state index contributed by atoms with van der Waals surface area (Å²) in [6.07, 6.45) is 3.75. The van der Waals surface area contributed by atoms with Crippen LogP contribution in [0.4, 0.5) is 11.8 Å². The van der Waals surface area contributed by atoms with Crippen molar-refractivity contribution in [2.75, 3.05) is 17.2 Å². The lowest BCUT2D eigenvalue weighted by Gasteiger charge is -2.21. The molecule has 0 radical (unpaired) electrons. The number of hydrogen-bond donors (Lipinski definition) is 3. The van der Waals surface area contributed by atoms with Gasteiger partial charge in [-0.25, -0.2) is 15.0 Å². The van der Waals surface area contributed by atoms with Crippen LogP contribution in [0.1, 0.15) is 30.5 Å². The Balaban J connectivity index is 1.51. The van der Waals surface area contributed by atoms with E-state index in [1.807, 2.05) is 30.5 Å². The molecule has 3 atom stereocenters. The number of hydrogen-bond acceptors (Lipinski definition) is 9. The van der Waals surface area contributed by atoms with Gasteiger partial charge in [0.25, 0.3) is 0 Å². The van der Waals surface area contributed by atoms with Gasteiger partial charge in [0, 0.05) is 24.2 Å². The van der Waals surface area contributed by atoms with Crippen molar-refractivity contribution in [1.82, 2.24) is 19.9 Å². The van der Waals surface area contributed by atoms with Crippen LogP contribution in [-0.2, 0) is 6.54 Å². The van der Waals surface area contributed by atoms with Crippen LogP contribution in [0.2, 0.25) is 0 Å². The average molecular weight is 467 g/mol. The maximum Gasteiger partial charge on any atom is 0.225 e. The second kappa shape index (κ2) is 9.09. The van der Waals surface area contributed by atoms with E-state index >= 15 is 0 Å². The Labute approximate surface area is 195 Å². The highest BCUT2D eigenvalue weighted by Gasteiger charge is 2.32. The van der Waals surface area contributed by atoms with Crippen LogP contribution in [0.3, 0.4) is 0 Å². The molecule has 9 heteroatoms. The van der Waals surface area contributed by atoms with Crippen LogP contribution < -0.4 is 10.6 Å². The largest absolute Gasteiger partial charge is 0.396 e. The zero-order chi connectivity index (χ0) is 22.1. The molecule has 1 unspecified atom stereocenters. The van der Waals surface area contributed by atoms with Crippen molar-refractivity contribution in [3.8, 4) is 10.6 Å². The van der Waals surface area contributed by atoms with Crippen LogP contribution in [0.25, 0.3) is 20.8 Å². The van der Waals surface area contributed by atoms with Gasteiger partial charge in [0.1, 0.15) is 15.8 Å². The molecule has 1 aromatic carbocycles. The van der Waals surface area contributed by atoms with Gasteiger partial charge in [0.15, 0.2) is 0 Å². The van der Waals surface area contributed by atoms with Gasteiger partial charge in [-0.05, 0) is 43.7 Å². The summed E-state index contributed by atoms with van der Waals surface area (Å²) >= 11 is 3.27. The van der Waals surface area contributed by atoms with Gasteiger partial charge in [-0.3, -0.25) is 0 Å². The third-order valence-electron chi connectivity index (χ3n) is 6.04. The van der Waals surface area contributed by atoms with Crippen molar-refractivity contribution in [1.29, 1.82) is 0 Å². The molecule has 32 heavy (non-hydrogen) atoms. The van der Waals surface area contributed by atoms with Crippen LogP contribution >= 0.6 is 22.7 Å². The number of benzene rings is 1. The summed E-state index contributed by atoms with van der Waals surface area (Å²) in [5.74, 6) is 2.17. The average Bonchev–Trinajstić information content (AvgIpc) is 3.52. The first-order valence-corrected chi connectivity index (χ1v) is 12.5. The van der Waals surface area contributed by atoms with E-state index in [1.165, 1.54) is 0 Å². The highest BCUT2D eigenvalue weighted by molar-refractivity contribution is 7.21. The maximum absolute atomic E-state index is 9.65. The summed E-state index contributed by atoms with van der Waals surface area (Å²) in [5.41, 5.74) is 2.82. The number of thiazole rings is 2. The van der Waals surface area contributed by atoms with E-state index in [4.69, 9.17) is 15.0 Å². The quantitative estimate of drug-likeness (QED) is 0.355. The number of anilines is 2. The minimum atomic E-state index is 0.233. The van der Waals surface area contributed by atoms with Crippen LogP contribution in [0, 0.1) is 18.8 Å². The number of aromatic nitrogens is 4. The van der Waals surface area contributed by atoms with E-state index in [1.54, 1.807) is 28.9 Å². The maximum atomic E-state index is 9.65. The fourth-order valence-electron chi connectivity index (χ4n) is 4.39. The third kappa shape index (κ3) is 4.32. The zero-order valence-corrected chi connectivity index (χ0v) is 19.7. The number of aryl methyl sites for hydroxylation is 1. The van der Waals surface area contributed by atoms with Gasteiger partial charge in [0.05, 0.1) is 28.0 Å². The number of para-hydroxylation sites is 1. The highest BCUT2D eigenvalue weighted by atomic mass is 32.1. The van der Waals surface area contributed by atoms with Crippen molar-refractivity contribution >= 4 is 44.7 Å². The molecule has 1 aliphatic carbocycles. The van der Waals surface area contributed by atoms with Gasteiger partial charge in [0.2, 0.25) is 5.95 Å². The van der Waals surface area contributed by atoms with E-state index in [0.29, 0.717) is 24.3 Å². The van der Waals surface area contributed by atoms with Crippen LogP contribution in [0.15, 0.2) is 35.8 Å². The molecule has 1 saturated carbocycles. The van der Waals surface area contributed by atoms with Gasteiger partial charge >= 0.3 is 0 Å². The lowest BCUT2D eigenvalue weighted by Crippen LogP contribution is -2.24. The lowest BCUT2D eigenvalue weighted by molar-refractivity contribution is 0.226. The first kappa shape index (κ1) is 21.2. The van der Waals surface area contributed by atoms with Crippen molar-refractivity contribution < 1.29 is 5.11 Å². The Morgan fingerprint density at radius 3 is 2.78 bits per heavy atom. The molecule has 3 aromatic heterocycles. The molecule has 3 heterocycles. The Morgan fingerprint density at radius 1 is 1.16 bits per heavy atom. The number of nitrogens with zero attached hydrogens (tertiary/aromatic N) is 4. The first-order valence-electron chi connectivity index (χ1n) is 10.8. The second-order valence-corrected chi connectivity index (χ2v) is 10.4. The zero-order valence-electron chi connectivity index (χ0n) is 18.1. The van der Waals surface area contributed by atoms with Gasteiger partial charge in [-0.15, -0.1) is 22.7 Å². The van der Waals surface area contributed by atoms with Crippen molar-refractivity contribution in [3.05, 3.63) is 46.5 Å². The Morgan fingerprint density at radius 2 is 2.03 bits per heavy atom. The Kier molecular flexibility index (Phi) is 6.03. The molecular formula is C23H26N6OS2. The molecule has 0 bridgehead atoms. The van der Waals surface area contributed by atoms with E-state index in [2.05, 4.69) is 28.6 Å². The molecule has 7 nitrogen and oxygen atoms in total. The standard InChI is InChI=1S/C23H26N6OS2/c1-13-9-15(12-30)10-17(13)27-21-20(22-28-16-5-3-4-6-18(16)32-22)14(2)26-23(29-21)25-11-19-24-7-8-31-19/h3-8,13,15,17,30H,9-12H2,1-2H3,(H2,25,26,27,29)/t13-,15-,17?/m1/s1. The molecule has 1 aliphatic rings. The highest BCUT2D eigenvalue weighted by Crippen LogP contribution is 2.39. The Bertz CT molecular complexity index is 1180. The monoisotopic (exact) mass is 466 g/mol. The number of fused-ring (bicyclic) bond motifs is 1. The predicted molar refractivity (Wildman–Crippen MR) is 131 cm³/mol. The number of rotatable bonds is 7. The number of aliphatic hydroxyl groups excluding tert-OH is 1. The minimum Gasteiger partial charge on any atom is -0.396 e. The molecule has 0 amide bonds. The van der Waals surface area contributed by atoms with Crippen molar-refractivity contribution in [3.63, 3.8) is 0 Å². The summed E-state index contributed by atoms with van der Waals surface area (Å²) in [5, 5.41) is 20.5. The summed E-state index contributed by atoms with van der Waals surface area (Å²) < 4.78 is 1.15. The van der Waals surface area contributed by atoms with Gasteiger partial charge in [-0.1, -0.05) is 19.1 Å². The summed E-state index contributed by atoms with van der Waals surface area (Å²) in [4.78, 5) is 18.8. The molecule has 0 saturated heterocycles. The second-order valence-electron chi connectivity index (χ2n) is 8.37. The molecule has 0 spiro atoms. The van der Waals surface area contributed by atoms with E-state index < -0.39 is 0 Å². The fourth-order valence-corrected chi connectivity index (χ4v) is 6.01. The molecule has 0 aliphatic heterocycles. The molecule has 166 valence electrons. The summed E-state index contributed by atoms with van der Waals surface area (Å²) in [6, 6.07) is 8.42. The van der Waals surface area contributed by atoms with Crippen molar-refractivity contribution in [2.45, 2.75) is 39.3 Å². The van der Waals surface area contributed by atoms with Gasteiger partial charge < -0.3 is 15.7 Å². The molecule has 5 rings (SSSR count). The van der Waals surface area contributed by atoms with E-state index in [-0.39, 0.29) is 12.6 Å². The predicted octanol–water partition coefficient (Wildman–Crippen LogP) is 4.95. The number of aliphatic hydroxyl groups is 1. The summed E-state index contributed by atoms with van der Waals surface area (Å²) in [6.45, 7) is 5.07. The first-order chi connectivity index (χ1) is 15.6. The van der Waals surface area contributed by atoms with E-state index in [9.17, 15) is 5.11 Å². The molecule has 4 aromatic rings. The SMILES string of the molecule is Cc1nc(NCc2nccs2)nc(NC2C[C@H](CO)C[C@H]2C)c1-c1nc2ccccc2s1. The van der Waals surface area contributed by atoms with E-state index in [0.717, 1.165) is 50.1 Å². The smallest absolute Gasteiger partial charge is 0.225 e. The normalized spacial score (nSPS) is 20.7. The minimum absolute atomic E-state index is 0.233. The molecule has 3 N–H and O–H groups in total. The fraction of sp³-hybridized carbons (Fsp3) is 0.391. The Hall–Kier alpha value is -2.62. The topological polar surface area (TPSA) is 95.9 Å². The van der Waals surface area contributed by atoms with Crippen LogP contribution in [0.5, 0.6) is 0 Å². The van der Waals surface area contributed by atoms with Crippen molar-refractivity contribution in [2.24, 2.45) is 11.8 Å². The molecular weight excluding hydrogens is 440 g/mol. The molecule has 1 fully saturated rings. The lowest BCUT2D eigenvalue weighted by atomic mass is 10.1.